The molecule has 4 aromatic rings. The van der Waals surface area contributed by atoms with Crippen LogP contribution in [0.25, 0.3) is 17.1 Å². The van der Waals surface area contributed by atoms with Crippen LogP contribution in [-0.2, 0) is 5.75 Å². The maximum absolute atomic E-state index is 12.5. The monoisotopic (exact) mass is 411 g/mol. The van der Waals surface area contributed by atoms with E-state index in [1.807, 2.05) is 54.6 Å². The molecule has 0 aliphatic carbocycles. The Bertz CT molecular complexity index is 1150. The van der Waals surface area contributed by atoms with Crippen LogP contribution < -0.4 is 5.56 Å². The van der Waals surface area contributed by atoms with Gasteiger partial charge < -0.3 is 0 Å². The van der Waals surface area contributed by atoms with Gasteiger partial charge in [0.25, 0.3) is 5.56 Å². The average molecular weight is 412 g/mol. The fraction of sp³-hybridized carbons (Fsp3) is 0.0500. The lowest BCUT2D eigenvalue weighted by molar-refractivity contribution is 0.856. The predicted octanol–water partition coefficient (Wildman–Crippen LogP) is 5.27. The molecule has 0 N–H and O–H groups in total. The second-order valence-corrected chi connectivity index (χ2v) is 8.25. The van der Waals surface area contributed by atoms with Crippen molar-refractivity contribution < 1.29 is 0 Å². The lowest BCUT2D eigenvalue weighted by atomic mass is 10.2. The smallest absolute Gasteiger partial charge is 0.266 e. The van der Waals surface area contributed by atoms with Crippen LogP contribution >= 0.6 is 34.7 Å². The molecule has 0 aliphatic heterocycles. The first kappa shape index (κ1) is 18.0. The lowest BCUT2D eigenvalue weighted by Crippen LogP contribution is -2.16. The van der Waals surface area contributed by atoms with E-state index in [4.69, 9.17) is 11.6 Å². The molecule has 0 radical (unpaired) electrons. The Balaban J connectivity index is 1.62. The third-order valence-electron chi connectivity index (χ3n) is 3.80. The van der Waals surface area contributed by atoms with Crippen molar-refractivity contribution in [3.05, 3.63) is 92.9 Å². The summed E-state index contributed by atoms with van der Waals surface area (Å²) in [5, 5.41) is 4.44. The molecule has 4 nitrogen and oxygen atoms in total. The summed E-state index contributed by atoms with van der Waals surface area (Å²) >= 11 is 9.19. The van der Waals surface area contributed by atoms with Crippen molar-refractivity contribution in [3.8, 4) is 0 Å². The molecular formula is C20H14ClN3OS2. The van der Waals surface area contributed by atoms with Gasteiger partial charge in [-0.3, -0.25) is 4.79 Å². The van der Waals surface area contributed by atoms with Gasteiger partial charge in [0.1, 0.15) is 5.02 Å². The number of nitrogens with zero attached hydrogens (tertiary/aromatic N) is 3. The molecular weight excluding hydrogens is 398 g/mol. The van der Waals surface area contributed by atoms with E-state index in [0.717, 1.165) is 15.7 Å². The largest absolute Gasteiger partial charge is 0.294 e. The first-order valence-corrected chi connectivity index (χ1v) is 10.4. The van der Waals surface area contributed by atoms with Crippen molar-refractivity contribution in [1.29, 1.82) is 0 Å². The summed E-state index contributed by atoms with van der Waals surface area (Å²) in [7, 11) is 0. The van der Waals surface area contributed by atoms with Crippen molar-refractivity contribution in [2.45, 2.75) is 10.1 Å². The number of aromatic nitrogens is 3. The van der Waals surface area contributed by atoms with Crippen molar-refractivity contribution in [1.82, 2.24) is 14.6 Å². The van der Waals surface area contributed by atoms with Crippen LogP contribution in [0.15, 0.2) is 69.8 Å². The molecule has 2 heterocycles. The third kappa shape index (κ3) is 4.13. The maximum atomic E-state index is 12.5. The van der Waals surface area contributed by atoms with Crippen molar-refractivity contribution in [3.63, 3.8) is 0 Å². The number of rotatable bonds is 5. The number of halogens is 1. The molecule has 0 aliphatic rings. The highest BCUT2D eigenvalue weighted by atomic mass is 35.5. The van der Waals surface area contributed by atoms with Gasteiger partial charge in [-0.1, -0.05) is 101 Å². The van der Waals surface area contributed by atoms with Crippen LogP contribution in [0.4, 0.5) is 0 Å². The van der Waals surface area contributed by atoms with E-state index < -0.39 is 0 Å². The molecule has 4 rings (SSSR count). The quantitative estimate of drug-likeness (QED) is 0.420. The number of benzene rings is 2. The molecule has 27 heavy (non-hydrogen) atoms. The zero-order valence-corrected chi connectivity index (χ0v) is 16.5. The van der Waals surface area contributed by atoms with Crippen LogP contribution in [-0.4, -0.2) is 14.6 Å². The van der Waals surface area contributed by atoms with E-state index in [1.165, 1.54) is 21.4 Å². The predicted molar refractivity (Wildman–Crippen MR) is 114 cm³/mol. The van der Waals surface area contributed by atoms with Crippen molar-refractivity contribution in [2.75, 3.05) is 0 Å². The SMILES string of the molecule is O=c1c(Cl)c(C=Cc2ccccc2)nc2sc(SCc3ccccc3)nn12. The van der Waals surface area contributed by atoms with Gasteiger partial charge in [0.05, 0.1) is 5.69 Å². The fourth-order valence-electron chi connectivity index (χ4n) is 2.45. The Kier molecular flexibility index (Phi) is 5.38. The van der Waals surface area contributed by atoms with Crippen LogP contribution in [0, 0.1) is 0 Å². The number of thioether (sulfide) groups is 1. The minimum absolute atomic E-state index is 0.0737. The Morgan fingerprint density at radius 3 is 2.48 bits per heavy atom. The van der Waals surface area contributed by atoms with Gasteiger partial charge in [-0.25, -0.2) is 4.98 Å². The summed E-state index contributed by atoms with van der Waals surface area (Å²) in [4.78, 5) is 17.6. The number of hydrogen-bond donors (Lipinski definition) is 0. The molecule has 0 spiro atoms. The van der Waals surface area contributed by atoms with Crippen molar-refractivity contribution in [2.24, 2.45) is 0 Å². The second kappa shape index (κ2) is 8.08. The lowest BCUT2D eigenvalue weighted by Gasteiger charge is -1.98. The highest BCUT2D eigenvalue weighted by Crippen LogP contribution is 2.27. The second-order valence-electron chi connectivity index (χ2n) is 5.70. The summed E-state index contributed by atoms with van der Waals surface area (Å²) in [5.41, 5.74) is 2.32. The van der Waals surface area contributed by atoms with Crippen molar-refractivity contribution >= 4 is 51.8 Å². The number of fused-ring (bicyclic) bond motifs is 1. The molecule has 0 amide bonds. The molecule has 0 saturated carbocycles. The van der Waals surface area contributed by atoms with Gasteiger partial charge in [0.15, 0.2) is 4.34 Å². The van der Waals surface area contributed by atoms with Crippen LogP contribution in [0.2, 0.25) is 5.02 Å². The summed E-state index contributed by atoms with van der Waals surface area (Å²) < 4.78 is 2.06. The minimum Gasteiger partial charge on any atom is -0.266 e. The van der Waals surface area contributed by atoms with E-state index in [9.17, 15) is 4.79 Å². The first-order chi connectivity index (χ1) is 13.2. The average Bonchev–Trinajstić information content (AvgIpc) is 3.13. The molecule has 134 valence electrons. The third-order valence-corrected chi connectivity index (χ3v) is 6.27. The summed E-state index contributed by atoms with van der Waals surface area (Å²) in [6.07, 6.45) is 3.64. The molecule has 2 aromatic heterocycles. The Labute approximate surface area is 169 Å². The summed E-state index contributed by atoms with van der Waals surface area (Å²) in [5.74, 6) is 0.782. The van der Waals surface area contributed by atoms with Gasteiger partial charge in [-0.05, 0) is 17.2 Å². The fourth-order valence-corrected chi connectivity index (χ4v) is 4.53. The van der Waals surface area contributed by atoms with Crippen LogP contribution in [0.5, 0.6) is 0 Å². The molecule has 0 fully saturated rings. The zero-order valence-electron chi connectivity index (χ0n) is 14.1. The molecule has 7 heteroatoms. The summed E-state index contributed by atoms with van der Waals surface area (Å²) in [6, 6.07) is 19.9. The topological polar surface area (TPSA) is 47.3 Å². The molecule has 0 saturated heterocycles. The molecule has 2 aromatic carbocycles. The van der Waals surface area contributed by atoms with Crippen LogP contribution in [0.3, 0.4) is 0 Å². The Morgan fingerprint density at radius 1 is 1.04 bits per heavy atom. The zero-order chi connectivity index (χ0) is 18.6. The van der Waals surface area contributed by atoms with Crippen LogP contribution in [0.1, 0.15) is 16.8 Å². The maximum Gasteiger partial charge on any atom is 0.294 e. The molecule has 0 atom stereocenters. The molecule has 0 unspecified atom stereocenters. The standard InChI is InChI=1S/C20H14ClN3OS2/c21-17-16(12-11-14-7-3-1-4-8-14)22-19-24(18(17)25)23-20(27-19)26-13-15-9-5-2-6-10-15/h1-12H,13H2. The molecule has 0 bridgehead atoms. The van der Waals surface area contributed by atoms with Gasteiger partial charge in [-0.2, -0.15) is 4.52 Å². The normalized spacial score (nSPS) is 11.4. The van der Waals surface area contributed by atoms with Gasteiger partial charge in [0.2, 0.25) is 4.96 Å². The highest BCUT2D eigenvalue weighted by Gasteiger charge is 2.13. The summed E-state index contributed by atoms with van der Waals surface area (Å²) in [6.45, 7) is 0. The Morgan fingerprint density at radius 2 is 1.74 bits per heavy atom. The van der Waals surface area contributed by atoms with E-state index in [0.29, 0.717) is 10.7 Å². The van der Waals surface area contributed by atoms with E-state index in [2.05, 4.69) is 22.2 Å². The van der Waals surface area contributed by atoms with Gasteiger partial charge in [-0.15, -0.1) is 5.10 Å². The Hall–Kier alpha value is -2.41. The number of hydrogen-bond acceptors (Lipinski definition) is 5. The van der Waals surface area contributed by atoms with Gasteiger partial charge in [0, 0.05) is 5.75 Å². The van der Waals surface area contributed by atoms with Gasteiger partial charge >= 0.3 is 0 Å². The first-order valence-electron chi connectivity index (χ1n) is 8.20. The van der Waals surface area contributed by atoms with E-state index >= 15 is 0 Å². The van der Waals surface area contributed by atoms with E-state index in [1.54, 1.807) is 17.8 Å². The van der Waals surface area contributed by atoms with E-state index in [-0.39, 0.29) is 10.6 Å². The highest BCUT2D eigenvalue weighted by molar-refractivity contribution is 8.00. The minimum atomic E-state index is -0.350.